The standard InChI is InChI=1S/C15H11ClFNOS/c16-12-8-11(6-7-13(12)17)18-14(19)9-20-15(18)10-4-2-1-3-5-10/h1-8,15H,9H2/t15-/m0/s1. The van der Waals surface area contributed by atoms with Gasteiger partial charge >= 0.3 is 0 Å². The van der Waals surface area contributed by atoms with Gasteiger partial charge in [0.2, 0.25) is 5.91 Å². The van der Waals surface area contributed by atoms with Crippen LogP contribution in [0.15, 0.2) is 48.5 Å². The van der Waals surface area contributed by atoms with Gasteiger partial charge in [0.15, 0.2) is 0 Å². The topological polar surface area (TPSA) is 20.3 Å². The number of halogens is 2. The molecule has 1 atom stereocenters. The van der Waals surface area contributed by atoms with Crippen LogP contribution in [-0.2, 0) is 4.79 Å². The molecule has 0 spiro atoms. The lowest BCUT2D eigenvalue weighted by atomic mass is 10.2. The second-order valence-corrected chi connectivity index (χ2v) is 5.91. The van der Waals surface area contributed by atoms with Gasteiger partial charge < -0.3 is 0 Å². The number of anilines is 1. The minimum Gasteiger partial charge on any atom is -0.295 e. The van der Waals surface area contributed by atoms with E-state index in [4.69, 9.17) is 11.6 Å². The highest BCUT2D eigenvalue weighted by Gasteiger charge is 2.34. The highest BCUT2D eigenvalue weighted by Crippen LogP contribution is 2.42. The molecule has 1 aliphatic heterocycles. The van der Waals surface area contributed by atoms with E-state index < -0.39 is 5.82 Å². The van der Waals surface area contributed by atoms with Crippen LogP contribution in [-0.4, -0.2) is 11.7 Å². The number of hydrogen-bond donors (Lipinski definition) is 0. The smallest absolute Gasteiger partial charge is 0.238 e. The fourth-order valence-electron chi connectivity index (χ4n) is 2.20. The van der Waals surface area contributed by atoms with Gasteiger partial charge in [0.25, 0.3) is 0 Å². The first-order chi connectivity index (χ1) is 9.66. The van der Waals surface area contributed by atoms with E-state index in [1.165, 1.54) is 12.1 Å². The van der Waals surface area contributed by atoms with Crippen LogP contribution < -0.4 is 4.90 Å². The number of amides is 1. The van der Waals surface area contributed by atoms with Gasteiger partial charge in [0, 0.05) is 5.69 Å². The third-order valence-electron chi connectivity index (χ3n) is 3.13. The quantitative estimate of drug-likeness (QED) is 0.826. The lowest BCUT2D eigenvalue weighted by molar-refractivity contribution is -0.115. The third kappa shape index (κ3) is 2.41. The van der Waals surface area contributed by atoms with Crippen molar-refractivity contribution in [2.24, 2.45) is 0 Å². The number of nitrogens with zero attached hydrogens (tertiary/aromatic N) is 1. The minimum atomic E-state index is -0.481. The molecule has 1 fully saturated rings. The van der Waals surface area contributed by atoms with E-state index in [1.807, 2.05) is 30.3 Å². The molecular weight excluding hydrogens is 297 g/mol. The normalized spacial score (nSPS) is 18.6. The highest BCUT2D eigenvalue weighted by molar-refractivity contribution is 8.00. The zero-order chi connectivity index (χ0) is 14.1. The summed E-state index contributed by atoms with van der Waals surface area (Å²) >= 11 is 7.37. The highest BCUT2D eigenvalue weighted by atomic mass is 35.5. The maximum Gasteiger partial charge on any atom is 0.238 e. The van der Waals surface area contributed by atoms with Gasteiger partial charge in [0.1, 0.15) is 11.2 Å². The predicted octanol–water partition coefficient (Wildman–Crippen LogP) is 4.26. The molecule has 2 aromatic rings. The van der Waals surface area contributed by atoms with Crippen molar-refractivity contribution in [2.75, 3.05) is 10.7 Å². The molecular formula is C15H11ClFNOS. The summed E-state index contributed by atoms with van der Waals surface area (Å²) in [6.45, 7) is 0. The Morgan fingerprint density at radius 1 is 1.20 bits per heavy atom. The Labute approximate surface area is 125 Å². The van der Waals surface area contributed by atoms with Crippen LogP contribution in [0.1, 0.15) is 10.9 Å². The lowest BCUT2D eigenvalue weighted by Crippen LogP contribution is -2.27. The molecule has 0 saturated carbocycles. The molecule has 5 heteroatoms. The zero-order valence-corrected chi connectivity index (χ0v) is 12.0. The van der Waals surface area contributed by atoms with Crippen molar-refractivity contribution >= 4 is 35.0 Å². The van der Waals surface area contributed by atoms with Crippen molar-refractivity contribution in [1.82, 2.24) is 0 Å². The predicted molar refractivity (Wildman–Crippen MR) is 80.5 cm³/mol. The van der Waals surface area contributed by atoms with Crippen LogP contribution in [0.25, 0.3) is 0 Å². The molecule has 0 bridgehead atoms. The van der Waals surface area contributed by atoms with E-state index in [0.29, 0.717) is 11.4 Å². The van der Waals surface area contributed by atoms with Crippen LogP contribution in [0.4, 0.5) is 10.1 Å². The van der Waals surface area contributed by atoms with Crippen molar-refractivity contribution < 1.29 is 9.18 Å². The molecule has 1 aliphatic rings. The summed E-state index contributed by atoms with van der Waals surface area (Å²) in [4.78, 5) is 13.8. The number of carbonyl (C=O) groups excluding carboxylic acids is 1. The Hall–Kier alpha value is -1.52. The van der Waals surface area contributed by atoms with E-state index in [2.05, 4.69) is 0 Å². The molecule has 0 unspecified atom stereocenters. The second-order valence-electron chi connectivity index (χ2n) is 4.44. The van der Waals surface area contributed by atoms with E-state index in [-0.39, 0.29) is 16.3 Å². The molecule has 20 heavy (non-hydrogen) atoms. The molecule has 0 aromatic heterocycles. The van der Waals surface area contributed by atoms with Crippen molar-refractivity contribution in [3.63, 3.8) is 0 Å². The average Bonchev–Trinajstić information content (AvgIpc) is 2.85. The van der Waals surface area contributed by atoms with Crippen LogP contribution in [0.3, 0.4) is 0 Å². The fraction of sp³-hybridized carbons (Fsp3) is 0.133. The molecule has 0 N–H and O–H groups in total. The van der Waals surface area contributed by atoms with Gasteiger partial charge in [-0.2, -0.15) is 0 Å². The Kier molecular flexibility index (Phi) is 3.68. The molecule has 1 heterocycles. The lowest BCUT2D eigenvalue weighted by Gasteiger charge is -2.24. The average molecular weight is 308 g/mol. The summed E-state index contributed by atoms with van der Waals surface area (Å²) in [7, 11) is 0. The van der Waals surface area contributed by atoms with Crippen molar-refractivity contribution in [1.29, 1.82) is 0 Å². The van der Waals surface area contributed by atoms with Crippen LogP contribution >= 0.6 is 23.4 Å². The zero-order valence-electron chi connectivity index (χ0n) is 10.4. The van der Waals surface area contributed by atoms with Gasteiger partial charge in [-0.05, 0) is 23.8 Å². The summed E-state index contributed by atoms with van der Waals surface area (Å²) in [6.07, 6.45) is 0. The maximum absolute atomic E-state index is 13.3. The van der Waals surface area contributed by atoms with E-state index in [9.17, 15) is 9.18 Å². The van der Waals surface area contributed by atoms with Crippen molar-refractivity contribution in [3.8, 4) is 0 Å². The molecule has 1 amide bonds. The number of benzene rings is 2. The van der Waals surface area contributed by atoms with E-state index in [1.54, 1.807) is 22.7 Å². The maximum atomic E-state index is 13.3. The van der Waals surface area contributed by atoms with Crippen LogP contribution in [0.5, 0.6) is 0 Å². The fourth-order valence-corrected chi connectivity index (χ4v) is 3.55. The first-order valence-corrected chi connectivity index (χ1v) is 7.53. The monoisotopic (exact) mass is 307 g/mol. The molecule has 2 nitrogen and oxygen atoms in total. The first kappa shape index (κ1) is 13.5. The summed E-state index contributed by atoms with van der Waals surface area (Å²) < 4.78 is 13.3. The van der Waals surface area contributed by atoms with Gasteiger partial charge in [-0.1, -0.05) is 41.9 Å². The van der Waals surface area contributed by atoms with Crippen molar-refractivity contribution in [3.05, 3.63) is 64.9 Å². The first-order valence-electron chi connectivity index (χ1n) is 6.10. The minimum absolute atomic E-state index is 0.00604. The van der Waals surface area contributed by atoms with Crippen LogP contribution in [0, 0.1) is 5.82 Å². The Balaban J connectivity index is 2.00. The van der Waals surface area contributed by atoms with Gasteiger partial charge in [0.05, 0.1) is 10.8 Å². The van der Waals surface area contributed by atoms with E-state index in [0.717, 1.165) is 5.56 Å². The molecule has 1 saturated heterocycles. The Bertz CT molecular complexity index is 650. The number of hydrogen-bond acceptors (Lipinski definition) is 2. The molecule has 3 rings (SSSR count). The summed E-state index contributed by atoms with van der Waals surface area (Å²) in [5.41, 5.74) is 1.67. The van der Waals surface area contributed by atoms with Crippen LogP contribution in [0.2, 0.25) is 5.02 Å². The SMILES string of the molecule is O=C1CS[C@@H](c2ccccc2)N1c1ccc(F)c(Cl)c1. The number of rotatable bonds is 2. The number of carbonyl (C=O) groups is 1. The summed E-state index contributed by atoms with van der Waals surface area (Å²) in [6, 6.07) is 14.1. The Morgan fingerprint density at radius 2 is 1.95 bits per heavy atom. The molecule has 0 aliphatic carbocycles. The third-order valence-corrected chi connectivity index (χ3v) is 4.64. The van der Waals surface area contributed by atoms with E-state index >= 15 is 0 Å². The largest absolute Gasteiger partial charge is 0.295 e. The van der Waals surface area contributed by atoms with Gasteiger partial charge in [-0.3, -0.25) is 9.69 Å². The summed E-state index contributed by atoms with van der Waals surface area (Å²) in [5, 5.41) is -0.0655. The summed E-state index contributed by atoms with van der Waals surface area (Å²) in [5.74, 6) is -0.0633. The molecule has 0 radical (unpaired) electrons. The van der Waals surface area contributed by atoms with Gasteiger partial charge in [-0.25, -0.2) is 4.39 Å². The molecule has 2 aromatic carbocycles. The molecule has 102 valence electrons. The van der Waals surface area contributed by atoms with Gasteiger partial charge in [-0.15, -0.1) is 11.8 Å². The number of thioether (sulfide) groups is 1. The second kappa shape index (κ2) is 5.46. The van der Waals surface area contributed by atoms with Crippen molar-refractivity contribution in [2.45, 2.75) is 5.37 Å². The Morgan fingerprint density at radius 3 is 2.65 bits per heavy atom.